The first kappa shape index (κ1) is 21.2. The molecule has 3 heterocycles. The molecule has 0 unspecified atom stereocenters. The number of nitrogens with zero attached hydrogens (tertiary/aromatic N) is 4. The lowest BCUT2D eigenvalue weighted by molar-refractivity contribution is 0.110. The second-order valence-electron chi connectivity index (χ2n) is 7.82. The SMILES string of the molecule is CCN1CCN([C@@H](C)CNc2nc(COC)nc3scc(-c4ccccc4)c23)CC1. The maximum absolute atomic E-state index is 5.30. The number of thiophene rings is 1. The minimum absolute atomic E-state index is 0.414. The molecule has 1 saturated heterocycles. The number of benzene rings is 1. The predicted octanol–water partition coefficient (Wildman–Crippen LogP) is 3.94. The van der Waals surface area contributed by atoms with Gasteiger partial charge < -0.3 is 15.0 Å². The Bertz CT molecular complexity index is 953. The third-order valence-corrected chi connectivity index (χ3v) is 6.75. The van der Waals surface area contributed by atoms with Crippen LogP contribution in [-0.4, -0.2) is 72.2 Å². The van der Waals surface area contributed by atoms with Crippen molar-refractivity contribution in [3.63, 3.8) is 0 Å². The molecule has 0 spiro atoms. The Kier molecular flexibility index (Phi) is 6.94. The second kappa shape index (κ2) is 9.83. The van der Waals surface area contributed by atoms with Crippen LogP contribution in [0.2, 0.25) is 0 Å². The van der Waals surface area contributed by atoms with E-state index in [0.29, 0.717) is 12.6 Å². The van der Waals surface area contributed by atoms with Crippen molar-refractivity contribution in [2.45, 2.75) is 26.5 Å². The Labute approximate surface area is 182 Å². The normalized spacial score (nSPS) is 16.8. The fourth-order valence-electron chi connectivity index (χ4n) is 4.03. The summed E-state index contributed by atoms with van der Waals surface area (Å²) in [6, 6.07) is 10.9. The van der Waals surface area contributed by atoms with E-state index in [1.807, 2.05) is 6.07 Å². The number of ether oxygens (including phenoxy) is 1. The van der Waals surface area contributed by atoms with Gasteiger partial charge in [-0.05, 0) is 19.0 Å². The van der Waals surface area contributed by atoms with E-state index in [2.05, 4.69) is 58.6 Å². The average Bonchev–Trinajstić information content (AvgIpc) is 3.22. The zero-order chi connectivity index (χ0) is 20.9. The molecule has 0 radical (unpaired) electrons. The van der Waals surface area contributed by atoms with Gasteiger partial charge in [0, 0.05) is 56.8 Å². The molecule has 3 aromatic rings. The van der Waals surface area contributed by atoms with Crippen LogP contribution in [0.1, 0.15) is 19.7 Å². The first-order valence-corrected chi connectivity index (χ1v) is 11.6. The van der Waals surface area contributed by atoms with Gasteiger partial charge in [0.25, 0.3) is 0 Å². The minimum atomic E-state index is 0.414. The number of aromatic nitrogens is 2. The molecule has 0 saturated carbocycles. The number of anilines is 1. The van der Waals surface area contributed by atoms with Gasteiger partial charge in [-0.3, -0.25) is 4.90 Å². The summed E-state index contributed by atoms with van der Waals surface area (Å²) in [6.07, 6.45) is 0. The summed E-state index contributed by atoms with van der Waals surface area (Å²) in [5.41, 5.74) is 2.38. The van der Waals surface area contributed by atoms with E-state index in [0.717, 1.165) is 61.1 Å². The summed E-state index contributed by atoms with van der Waals surface area (Å²) in [4.78, 5) is 15.6. The lowest BCUT2D eigenvalue weighted by atomic mass is 10.1. The van der Waals surface area contributed by atoms with Crippen molar-refractivity contribution in [2.75, 3.05) is 51.7 Å². The van der Waals surface area contributed by atoms with Gasteiger partial charge in [-0.15, -0.1) is 11.3 Å². The number of fused-ring (bicyclic) bond motifs is 1. The van der Waals surface area contributed by atoms with E-state index < -0.39 is 0 Å². The van der Waals surface area contributed by atoms with Gasteiger partial charge in [0.05, 0.1) is 5.39 Å². The second-order valence-corrected chi connectivity index (χ2v) is 8.68. The van der Waals surface area contributed by atoms with Gasteiger partial charge in [-0.25, -0.2) is 9.97 Å². The topological polar surface area (TPSA) is 53.5 Å². The number of rotatable bonds is 8. The Morgan fingerprint density at radius 1 is 1.13 bits per heavy atom. The smallest absolute Gasteiger partial charge is 0.158 e. The third kappa shape index (κ3) is 4.64. The Morgan fingerprint density at radius 2 is 1.90 bits per heavy atom. The summed E-state index contributed by atoms with van der Waals surface area (Å²) in [7, 11) is 1.68. The van der Waals surface area contributed by atoms with Crippen LogP contribution in [0.3, 0.4) is 0 Å². The van der Waals surface area contributed by atoms with Crippen LogP contribution in [0, 0.1) is 0 Å². The number of piperazine rings is 1. The quantitative estimate of drug-likeness (QED) is 0.590. The molecule has 1 aliphatic rings. The lowest BCUT2D eigenvalue weighted by Crippen LogP contribution is -2.51. The number of hydrogen-bond acceptors (Lipinski definition) is 7. The van der Waals surface area contributed by atoms with Crippen molar-refractivity contribution in [1.29, 1.82) is 0 Å². The molecule has 1 fully saturated rings. The standard InChI is InChI=1S/C23H31N5OS/c1-4-27-10-12-28(13-11-27)17(2)14-24-22-21-19(18-8-6-5-7-9-18)16-30-23(21)26-20(25-22)15-29-3/h5-9,16-17H,4,10-15H2,1-3H3,(H,24,25,26)/t17-/m0/s1. The maximum Gasteiger partial charge on any atom is 0.158 e. The van der Waals surface area contributed by atoms with Gasteiger partial charge >= 0.3 is 0 Å². The number of methoxy groups -OCH3 is 1. The minimum Gasteiger partial charge on any atom is -0.377 e. The first-order valence-electron chi connectivity index (χ1n) is 10.7. The molecule has 0 aliphatic carbocycles. The van der Waals surface area contributed by atoms with Crippen LogP contribution in [0.15, 0.2) is 35.7 Å². The molecular formula is C23H31N5OS. The molecule has 160 valence electrons. The highest BCUT2D eigenvalue weighted by Gasteiger charge is 2.21. The molecule has 0 bridgehead atoms. The van der Waals surface area contributed by atoms with E-state index in [-0.39, 0.29) is 0 Å². The molecular weight excluding hydrogens is 394 g/mol. The average molecular weight is 426 g/mol. The summed E-state index contributed by atoms with van der Waals surface area (Å²) in [6.45, 7) is 11.5. The summed E-state index contributed by atoms with van der Waals surface area (Å²) in [5, 5.41) is 6.94. The van der Waals surface area contributed by atoms with Crippen LogP contribution in [0.5, 0.6) is 0 Å². The highest BCUT2D eigenvalue weighted by Crippen LogP contribution is 2.37. The Balaban J connectivity index is 1.58. The molecule has 2 aromatic heterocycles. The number of nitrogens with one attached hydrogen (secondary N) is 1. The van der Waals surface area contributed by atoms with Gasteiger partial charge in [-0.2, -0.15) is 0 Å². The van der Waals surface area contributed by atoms with E-state index in [9.17, 15) is 0 Å². The van der Waals surface area contributed by atoms with Crippen molar-refractivity contribution in [1.82, 2.24) is 19.8 Å². The van der Waals surface area contributed by atoms with Crippen LogP contribution in [0.25, 0.3) is 21.3 Å². The fraction of sp³-hybridized carbons (Fsp3) is 0.478. The van der Waals surface area contributed by atoms with Crippen LogP contribution >= 0.6 is 11.3 Å². The third-order valence-electron chi connectivity index (χ3n) is 5.88. The van der Waals surface area contributed by atoms with Crippen molar-refractivity contribution in [3.05, 3.63) is 41.5 Å². The van der Waals surface area contributed by atoms with Gasteiger partial charge in [0.15, 0.2) is 5.82 Å². The largest absolute Gasteiger partial charge is 0.377 e. The molecule has 0 amide bonds. The van der Waals surface area contributed by atoms with Crippen LogP contribution in [0.4, 0.5) is 5.82 Å². The highest BCUT2D eigenvalue weighted by molar-refractivity contribution is 7.17. The fourth-order valence-corrected chi connectivity index (χ4v) is 5.00. The van der Waals surface area contributed by atoms with E-state index in [1.54, 1.807) is 18.4 Å². The van der Waals surface area contributed by atoms with Crippen LogP contribution in [-0.2, 0) is 11.3 Å². The van der Waals surface area contributed by atoms with Gasteiger partial charge in [0.1, 0.15) is 17.3 Å². The molecule has 1 N–H and O–H groups in total. The van der Waals surface area contributed by atoms with Crippen molar-refractivity contribution in [3.8, 4) is 11.1 Å². The summed E-state index contributed by atoms with van der Waals surface area (Å²) >= 11 is 1.67. The number of hydrogen-bond donors (Lipinski definition) is 1. The van der Waals surface area contributed by atoms with E-state index >= 15 is 0 Å². The van der Waals surface area contributed by atoms with E-state index in [4.69, 9.17) is 14.7 Å². The molecule has 4 rings (SSSR count). The lowest BCUT2D eigenvalue weighted by Gasteiger charge is -2.37. The molecule has 7 heteroatoms. The van der Waals surface area contributed by atoms with Crippen molar-refractivity contribution < 1.29 is 4.74 Å². The first-order chi connectivity index (χ1) is 14.7. The van der Waals surface area contributed by atoms with Gasteiger partial charge in [0.2, 0.25) is 0 Å². The molecule has 1 atom stereocenters. The molecule has 6 nitrogen and oxygen atoms in total. The number of likely N-dealkylation sites (N-methyl/N-ethyl adjacent to an activating group) is 1. The predicted molar refractivity (Wildman–Crippen MR) is 125 cm³/mol. The molecule has 1 aromatic carbocycles. The molecule has 1 aliphatic heterocycles. The van der Waals surface area contributed by atoms with Crippen molar-refractivity contribution in [2.24, 2.45) is 0 Å². The van der Waals surface area contributed by atoms with Gasteiger partial charge in [-0.1, -0.05) is 37.3 Å². The summed E-state index contributed by atoms with van der Waals surface area (Å²) < 4.78 is 5.30. The maximum atomic E-state index is 5.30. The molecule has 30 heavy (non-hydrogen) atoms. The van der Waals surface area contributed by atoms with E-state index in [1.165, 1.54) is 11.1 Å². The Hall–Kier alpha value is -2.06. The van der Waals surface area contributed by atoms with Crippen molar-refractivity contribution >= 4 is 27.4 Å². The summed E-state index contributed by atoms with van der Waals surface area (Å²) in [5.74, 6) is 1.63. The van der Waals surface area contributed by atoms with Crippen LogP contribution < -0.4 is 5.32 Å². The highest BCUT2D eigenvalue weighted by atomic mass is 32.1. The zero-order valence-corrected chi connectivity index (χ0v) is 18.9. The zero-order valence-electron chi connectivity index (χ0n) is 18.1. The monoisotopic (exact) mass is 425 g/mol. The Morgan fingerprint density at radius 3 is 2.60 bits per heavy atom.